The fourth-order valence-electron chi connectivity index (χ4n) is 2.52. The molecule has 0 aliphatic heterocycles. The Bertz CT molecular complexity index is 934. The summed E-state index contributed by atoms with van der Waals surface area (Å²) >= 11 is 0. The van der Waals surface area contributed by atoms with Gasteiger partial charge in [0, 0.05) is 10.9 Å². The van der Waals surface area contributed by atoms with Crippen LogP contribution in [0.15, 0.2) is 48.5 Å². The smallest absolute Gasteiger partial charge is 0.149 e. The van der Waals surface area contributed by atoms with Crippen LogP contribution in [0.1, 0.15) is 11.4 Å². The highest BCUT2D eigenvalue weighted by Gasteiger charge is 2.14. The Balaban J connectivity index is 2.48. The first-order valence-electron chi connectivity index (χ1n) is 6.66. The summed E-state index contributed by atoms with van der Waals surface area (Å²) in [5, 5.41) is 19.9. The van der Waals surface area contributed by atoms with Crippen LogP contribution in [0.3, 0.4) is 0 Å². The molecule has 0 atom stereocenters. The molecule has 0 saturated carbocycles. The quantitative estimate of drug-likeness (QED) is 0.720. The molecule has 104 valence electrons. The number of ether oxygens (including phenoxy) is 1. The minimum absolute atomic E-state index is 0.217. The van der Waals surface area contributed by atoms with E-state index in [0.29, 0.717) is 11.1 Å². The van der Waals surface area contributed by atoms with E-state index in [0.717, 1.165) is 16.5 Å². The van der Waals surface area contributed by atoms with Crippen LogP contribution in [-0.2, 0) is 0 Å². The van der Waals surface area contributed by atoms with Crippen molar-refractivity contribution in [2.24, 2.45) is 0 Å². The highest BCUT2D eigenvalue weighted by molar-refractivity contribution is 6.02. The molecule has 0 N–H and O–H groups in total. The number of hydrogen-bond acceptors (Lipinski definition) is 4. The van der Waals surface area contributed by atoms with E-state index in [9.17, 15) is 5.26 Å². The fraction of sp³-hybridized carbons (Fsp3) is 0.0556. The van der Waals surface area contributed by atoms with Crippen molar-refractivity contribution in [2.75, 3.05) is 7.11 Å². The van der Waals surface area contributed by atoms with Gasteiger partial charge in [-0.25, -0.2) is 4.98 Å². The fourth-order valence-corrected chi connectivity index (χ4v) is 2.52. The zero-order valence-corrected chi connectivity index (χ0v) is 11.9. The third kappa shape index (κ3) is 2.13. The predicted octanol–water partition coefficient (Wildman–Crippen LogP) is 3.65. The maximum atomic E-state index is 9.29. The Morgan fingerprint density at radius 2 is 1.73 bits per heavy atom. The van der Waals surface area contributed by atoms with Crippen molar-refractivity contribution >= 4 is 10.8 Å². The molecule has 0 unspecified atom stereocenters. The molecule has 1 aromatic heterocycles. The SMILES string of the molecule is COc1ccc2c(C#N)nc(C#N)cc2c1-c1ccccc1. The summed E-state index contributed by atoms with van der Waals surface area (Å²) in [6, 6.07) is 19.1. The van der Waals surface area contributed by atoms with Gasteiger partial charge in [0.2, 0.25) is 0 Å². The second-order valence-electron chi connectivity index (χ2n) is 4.68. The second-order valence-corrected chi connectivity index (χ2v) is 4.68. The molecule has 3 aromatic rings. The minimum atomic E-state index is 0.217. The Morgan fingerprint density at radius 1 is 0.955 bits per heavy atom. The Kier molecular flexibility index (Phi) is 3.43. The molecule has 0 radical (unpaired) electrons. The van der Waals surface area contributed by atoms with Crippen LogP contribution in [-0.4, -0.2) is 12.1 Å². The number of hydrogen-bond donors (Lipinski definition) is 0. The van der Waals surface area contributed by atoms with Gasteiger partial charge in [0.25, 0.3) is 0 Å². The monoisotopic (exact) mass is 285 g/mol. The molecule has 0 aliphatic carbocycles. The first kappa shape index (κ1) is 13.6. The van der Waals surface area contributed by atoms with Crippen LogP contribution >= 0.6 is 0 Å². The molecule has 1 heterocycles. The lowest BCUT2D eigenvalue weighted by Crippen LogP contribution is -1.95. The molecule has 22 heavy (non-hydrogen) atoms. The summed E-state index contributed by atoms with van der Waals surface area (Å²) < 4.78 is 5.47. The van der Waals surface area contributed by atoms with Crippen LogP contribution in [0, 0.1) is 22.7 Å². The maximum absolute atomic E-state index is 9.29. The molecule has 0 fully saturated rings. The number of methoxy groups -OCH3 is 1. The number of nitrogens with zero attached hydrogens (tertiary/aromatic N) is 3. The Morgan fingerprint density at radius 3 is 2.36 bits per heavy atom. The molecule has 0 spiro atoms. The average molecular weight is 285 g/mol. The molecular formula is C18H11N3O. The largest absolute Gasteiger partial charge is 0.496 e. The topological polar surface area (TPSA) is 69.7 Å². The normalized spacial score (nSPS) is 9.95. The van der Waals surface area contributed by atoms with Gasteiger partial charge in [0.05, 0.1) is 7.11 Å². The van der Waals surface area contributed by atoms with Gasteiger partial charge in [0.1, 0.15) is 29.3 Å². The van der Waals surface area contributed by atoms with Crippen LogP contribution in [0.25, 0.3) is 21.9 Å². The molecule has 0 aliphatic rings. The van der Waals surface area contributed by atoms with Crippen molar-refractivity contribution in [3.05, 3.63) is 59.9 Å². The molecule has 0 saturated heterocycles. The van der Waals surface area contributed by atoms with E-state index in [2.05, 4.69) is 11.1 Å². The van der Waals surface area contributed by atoms with E-state index in [1.54, 1.807) is 19.2 Å². The zero-order chi connectivity index (χ0) is 15.5. The average Bonchev–Trinajstić information content (AvgIpc) is 2.60. The Labute approximate surface area is 127 Å². The molecule has 0 amide bonds. The number of pyridine rings is 1. The van der Waals surface area contributed by atoms with E-state index < -0.39 is 0 Å². The zero-order valence-electron chi connectivity index (χ0n) is 11.9. The lowest BCUT2D eigenvalue weighted by Gasteiger charge is -2.13. The second kappa shape index (κ2) is 5.55. The minimum Gasteiger partial charge on any atom is -0.496 e. The summed E-state index contributed by atoms with van der Waals surface area (Å²) in [5.74, 6) is 0.692. The summed E-state index contributed by atoms with van der Waals surface area (Å²) in [6.07, 6.45) is 0. The number of aromatic nitrogens is 1. The summed E-state index contributed by atoms with van der Waals surface area (Å²) in [5.41, 5.74) is 2.28. The van der Waals surface area contributed by atoms with Gasteiger partial charge < -0.3 is 4.74 Å². The highest BCUT2D eigenvalue weighted by Crippen LogP contribution is 2.37. The molecule has 4 heteroatoms. The van der Waals surface area contributed by atoms with E-state index >= 15 is 0 Å². The number of fused-ring (bicyclic) bond motifs is 1. The highest BCUT2D eigenvalue weighted by atomic mass is 16.5. The maximum Gasteiger partial charge on any atom is 0.149 e. The van der Waals surface area contributed by atoms with Crippen LogP contribution in [0.2, 0.25) is 0 Å². The number of nitriles is 2. The predicted molar refractivity (Wildman–Crippen MR) is 83.2 cm³/mol. The van der Waals surface area contributed by atoms with Gasteiger partial charge >= 0.3 is 0 Å². The summed E-state index contributed by atoms with van der Waals surface area (Å²) in [6.45, 7) is 0. The van der Waals surface area contributed by atoms with Gasteiger partial charge in [-0.1, -0.05) is 30.3 Å². The molecule has 4 nitrogen and oxygen atoms in total. The van der Waals surface area contributed by atoms with Crippen LogP contribution in [0.4, 0.5) is 0 Å². The van der Waals surface area contributed by atoms with Crippen molar-refractivity contribution in [1.29, 1.82) is 10.5 Å². The van der Waals surface area contributed by atoms with Gasteiger partial charge in [0.15, 0.2) is 0 Å². The van der Waals surface area contributed by atoms with Gasteiger partial charge in [-0.2, -0.15) is 10.5 Å². The molecule has 2 aromatic carbocycles. The lowest BCUT2D eigenvalue weighted by molar-refractivity contribution is 0.417. The van der Waals surface area contributed by atoms with Gasteiger partial charge in [-0.15, -0.1) is 0 Å². The van der Waals surface area contributed by atoms with Crippen molar-refractivity contribution in [1.82, 2.24) is 4.98 Å². The third-order valence-electron chi connectivity index (χ3n) is 3.48. The number of benzene rings is 2. The standard InChI is InChI=1S/C18H11N3O/c1-22-17-8-7-14-15(9-13(10-19)21-16(14)11-20)18(17)12-5-3-2-4-6-12/h2-9H,1H3. The van der Waals surface area contributed by atoms with E-state index in [-0.39, 0.29) is 11.4 Å². The van der Waals surface area contributed by atoms with Crippen molar-refractivity contribution in [3.63, 3.8) is 0 Å². The third-order valence-corrected chi connectivity index (χ3v) is 3.48. The van der Waals surface area contributed by atoms with Crippen molar-refractivity contribution < 1.29 is 4.74 Å². The van der Waals surface area contributed by atoms with Gasteiger partial charge in [-0.3, -0.25) is 0 Å². The molecular weight excluding hydrogens is 274 g/mol. The van der Waals surface area contributed by atoms with E-state index in [1.807, 2.05) is 42.5 Å². The van der Waals surface area contributed by atoms with Gasteiger partial charge in [-0.05, 0) is 29.1 Å². The summed E-state index contributed by atoms with van der Waals surface area (Å²) in [4.78, 5) is 4.07. The first-order valence-corrected chi connectivity index (χ1v) is 6.66. The lowest BCUT2D eigenvalue weighted by atomic mass is 9.96. The Hall–Kier alpha value is -3.37. The van der Waals surface area contributed by atoms with Crippen LogP contribution in [0.5, 0.6) is 5.75 Å². The first-order chi connectivity index (χ1) is 10.8. The van der Waals surface area contributed by atoms with Crippen molar-refractivity contribution in [3.8, 4) is 29.0 Å². The van der Waals surface area contributed by atoms with Crippen LogP contribution < -0.4 is 4.74 Å². The number of rotatable bonds is 2. The van der Waals surface area contributed by atoms with Crippen molar-refractivity contribution in [2.45, 2.75) is 0 Å². The summed E-state index contributed by atoms with van der Waals surface area (Å²) in [7, 11) is 1.60. The van der Waals surface area contributed by atoms with E-state index in [1.165, 1.54) is 0 Å². The molecule has 3 rings (SSSR count). The molecule has 0 bridgehead atoms. The van der Waals surface area contributed by atoms with E-state index in [4.69, 9.17) is 10.00 Å².